The highest BCUT2D eigenvalue weighted by molar-refractivity contribution is 14.1. The fourth-order valence-electron chi connectivity index (χ4n) is 1.40. The Morgan fingerprint density at radius 3 is 2.64 bits per heavy atom. The highest BCUT2D eigenvalue weighted by Crippen LogP contribution is 2.27. The molecular weight excluding hydrogens is 255 g/mol. The maximum Gasteiger partial charge on any atom is 0.302 e. The minimum absolute atomic E-state index is 0.140. The molecule has 0 aromatic carbocycles. The number of halogens is 1. The summed E-state index contributed by atoms with van der Waals surface area (Å²) in [4.78, 5) is 10.6. The third kappa shape index (κ3) is 2.97. The summed E-state index contributed by atoms with van der Waals surface area (Å²) in [7, 11) is 0. The molecule has 1 saturated carbocycles. The van der Waals surface area contributed by atoms with E-state index in [2.05, 4.69) is 22.6 Å². The first kappa shape index (κ1) is 9.29. The van der Waals surface area contributed by atoms with Crippen molar-refractivity contribution in [3.05, 3.63) is 0 Å². The maximum atomic E-state index is 10.6. The SMILES string of the molecule is CC(=O)O[C@@H]1CCCC[C@H]1I. The molecule has 1 fully saturated rings. The predicted molar refractivity (Wildman–Crippen MR) is 51.8 cm³/mol. The highest BCUT2D eigenvalue weighted by Gasteiger charge is 2.24. The quantitative estimate of drug-likeness (QED) is 0.414. The van der Waals surface area contributed by atoms with E-state index < -0.39 is 0 Å². The van der Waals surface area contributed by atoms with E-state index in [0.717, 1.165) is 6.42 Å². The second-order valence-corrected chi connectivity index (χ2v) is 4.55. The normalized spacial score (nSPS) is 31.5. The van der Waals surface area contributed by atoms with Crippen LogP contribution in [0.25, 0.3) is 0 Å². The van der Waals surface area contributed by atoms with Crippen LogP contribution in [-0.4, -0.2) is 16.0 Å². The van der Waals surface area contributed by atoms with Crippen LogP contribution >= 0.6 is 22.6 Å². The van der Waals surface area contributed by atoms with E-state index in [1.165, 1.54) is 26.2 Å². The molecule has 0 heterocycles. The van der Waals surface area contributed by atoms with Crippen molar-refractivity contribution in [1.29, 1.82) is 0 Å². The lowest BCUT2D eigenvalue weighted by Gasteiger charge is -2.26. The second kappa shape index (κ2) is 4.28. The summed E-state index contributed by atoms with van der Waals surface area (Å²) in [6.07, 6.45) is 4.91. The van der Waals surface area contributed by atoms with Gasteiger partial charge in [-0.15, -0.1) is 0 Å². The van der Waals surface area contributed by atoms with E-state index in [1.807, 2.05) is 0 Å². The summed E-state index contributed by atoms with van der Waals surface area (Å²) in [5, 5.41) is 0. The summed E-state index contributed by atoms with van der Waals surface area (Å²) in [6, 6.07) is 0. The number of hydrogen-bond acceptors (Lipinski definition) is 2. The topological polar surface area (TPSA) is 26.3 Å². The van der Waals surface area contributed by atoms with E-state index in [0.29, 0.717) is 3.92 Å². The minimum Gasteiger partial charge on any atom is -0.461 e. The van der Waals surface area contributed by atoms with Crippen LogP contribution in [0.15, 0.2) is 0 Å². The fourth-order valence-corrected chi connectivity index (χ4v) is 2.34. The van der Waals surface area contributed by atoms with Gasteiger partial charge in [-0.2, -0.15) is 0 Å². The molecule has 0 aromatic rings. The first-order valence-electron chi connectivity index (χ1n) is 4.01. The molecule has 2 atom stereocenters. The average molecular weight is 268 g/mol. The van der Waals surface area contributed by atoms with Gasteiger partial charge in [0.15, 0.2) is 0 Å². The Hall–Kier alpha value is 0.200. The zero-order valence-corrected chi connectivity index (χ0v) is 8.84. The van der Waals surface area contributed by atoms with Gasteiger partial charge in [-0.1, -0.05) is 29.0 Å². The molecule has 0 unspecified atom stereocenters. The summed E-state index contributed by atoms with van der Waals surface area (Å²) in [5.74, 6) is -0.140. The number of carbonyl (C=O) groups excluding carboxylic acids is 1. The molecule has 0 saturated heterocycles. The third-order valence-corrected chi connectivity index (χ3v) is 3.36. The highest BCUT2D eigenvalue weighted by atomic mass is 127. The zero-order chi connectivity index (χ0) is 8.27. The molecule has 0 bridgehead atoms. The van der Waals surface area contributed by atoms with Crippen LogP contribution in [0.2, 0.25) is 0 Å². The molecule has 2 nitrogen and oxygen atoms in total. The summed E-state index contributed by atoms with van der Waals surface area (Å²) < 4.78 is 5.69. The van der Waals surface area contributed by atoms with Crippen molar-refractivity contribution in [2.75, 3.05) is 0 Å². The van der Waals surface area contributed by atoms with Crippen molar-refractivity contribution >= 4 is 28.6 Å². The van der Waals surface area contributed by atoms with E-state index in [-0.39, 0.29) is 12.1 Å². The number of rotatable bonds is 1. The average Bonchev–Trinajstić information content (AvgIpc) is 1.93. The number of carbonyl (C=O) groups is 1. The van der Waals surface area contributed by atoms with Gasteiger partial charge in [-0.05, 0) is 19.3 Å². The summed E-state index contributed by atoms with van der Waals surface area (Å²) in [6.45, 7) is 1.48. The van der Waals surface area contributed by atoms with Gasteiger partial charge in [0, 0.05) is 10.8 Å². The number of ether oxygens (including phenoxy) is 1. The van der Waals surface area contributed by atoms with Crippen LogP contribution < -0.4 is 0 Å². The molecule has 0 aliphatic heterocycles. The molecule has 0 aromatic heterocycles. The smallest absolute Gasteiger partial charge is 0.302 e. The van der Waals surface area contributed by atoms with Crippen LogP contribution in [0.4, 0.5) is 0 Å². The van der Waals surface area contributed by atoms with Crippen LogP contribution in [0.5, 0.6) is 0 Å². The monoisotopic (exact) mass is 268 g/mol. The van der Waals surface area contributed by atoms with Gasteiger partial charge in [0.25, 0.3) is 0 Å². The fraction of sp³-hybridized carbons (Fsp3) is 0.875. The number of alkyl halides is 1. The van der Waals surface area contributed by atoms with Crippen LogP contribution in [-0.2, 0) is 9.53 Å². The van der Waals surface area contributed by atoms with Gasteiger partial charge < -0.3 is 4.74 Å². The van der Waals surface area contributed by atoms with E-state index in [4.69, 9.17) is 4.74 Å². The van der Waals surface area contributed by atoms with Gasteiger partial charge in [0.05, 0.1) is 0 Å². The molecule has 0 spiro atoms. The lowest BCUT2D eigenvalue weighted by molar-refractivity contribution is -0.147. The third-order valence-electron chi connectivity index (χ3n) is 1.94. The number of hydrogen-bond donors (Lipinski definition) is 0. The van der Waals surface area contributed by atoms with Crippen molar-refractivity contribution in [1.82, 2.24) is 0 Å². The van der Waals surface area contributed by atoms with Crippen molar-refractivity contribution in [2.45, 2.75) is 42.6 Å². The second-order valence-electron chi connectivity index (χ2n) is 2.95. The Kier molecular flexibility index (Phi) is 3.62. The van der Waals surface area contributed by atoms with Gasteiger partial charge in [0.2, 0.25) is 0 Å². The Bertz CT molecular complexity index is 147. The summed E-state index contributed by atoms with van der Waals surface area (Å²) in [5.41, 5.74) is 0. The number of esters is 1. The lowest BCUT2D eigenvalue weighted by atomic mass is 9.98. The van der Waals surface area contributed by atoms with Crippen molar-refractivity contribution in [3.8, 4) is 0 Å². The minimum atomic E-state index is -0.140. The van der Waals surface area contributed by atoms with E-state index in [9.17, 15) is 4.79 Å². The van der Waals surface area contributed by atoms with Crippen molar-refractivity contribution in [2.24, 2.45) is 0 Å². The lowest BCUT2D eigenvalue weighted by Crippen LogP contribution is -2.29. The van der Waals surface area contributed by atoms with Crippen molar-refractivity contribution < 1.29 is 9.53 Å². The molecule has 11 heavy (non-hydrogen) atoms. The first-order chi connectivity index (χ1) is 5.20. The standard InChI is InChI=1S/C8H13IO2/c1-6(10)11-8-5-3-2-4-7(8)9/h7-8H,2-5H2,1H3/t7-,8-/m1/s1. The van der Waals surface area contributed by atoms with Gasteiger partial charge >= 0.3 is 5.97 Å². The van der Waals surface area contributed by atoms with Gasteiger partial charge in [0.1, 0.15) is 6.10 Å². The Labute approximate surface area is 80.8 Å². The van der Waals surface area contributed by atoms with E-state index >= 15 is 0 Å². The van der Waals surface area contributed by atoms with Gasteiger partial charge in [-0.25, -0.2) is 0 Å². The molecule has 64 valence electrons. The Morgan fingerprint density at radius 2 is 2.09 bits per heavy atom. The molecular formula is C8H13IO2. The largest absolute Gasteiger partial charge is 0.461 e. The summed E-state index contributed by atoms with van der Waals surface area (Å²) >= 11 is 2.37. The molecule has 0 radical (unpaired) electrons. The maximum absolute atomic E-state index is 10.6. The van der Waals surface area contributed by atoms with E-state index in [1.54, 1.807) is 0 Å². The van der Waals surface area contributed by atoms with Gasteiger partial charge in [-0.3, -0.25) is 4.79 Å². The van der Waals surface area contributed by atoms with Crippen LogP contribution in [0.3, 0.4) is 0 Å². The van der Waals surface area contributed by atoms with Crippen molar-refractivity contribution in [3.63, 3.8) is 0 Å². The molecule has 1 aliphatic rings. The zero-order valence-electron chi connectivity index (χ0n) is 6.68. The molecule has 0 amide bonds. The molecule has 0 N–H and O–H groups in total. The van der Waals surface area contributed by atoms with Crippen LogP contribution in [0, 0.1) is 0 Å². The molecule has 1 aliphatic carbocycles. The molecule has 3 heteroatoms. The Balaban J connectivity index is 2.35. The first-order valence-corrected chi connectivity index (χ1v) is 5.26. The Morgan fingerprint density at radius 1 is 1.45 bits per heavy atom. The van der Waals surface area contributed by atoms with Crippen LogP contribution in [0.1, 0.15) is 32.6 Å². The molecule has 1 rings (SSSR count). The predicted octanol–water partition coefficient (Wildman–Crippen LogP) is 2.30.